The molecule has 3 rings (SSSR count). The van der Waals surface area contributed by atoms with Crippen LogP contribution < -0.4 is 5.56 Å². The highest BCUT2D eigenvalue weighted by Gasteiger charge is 2.23. The van der Waals surface area contributed by atoms with E-state index in [-0.39, 0.29) is 30.1 Å². The number of carbonyl (C=O) groups is 2. The molecule has 1 fully saturated rings. The van der Waals surface area contributed by atoms with Crippen molar-refractivity contribution in [3.63, 3.8) is 0 Å². The quantitative estimate of drug-likeness (QED) is 0.773. The van der Waals surface area contributed by atoms with Gasteiger partial charge in [0.05, 0.1) is 0 Å². The molecule has 6 heteroatoms. The summed E-state index contributed by atoms with van der Waals surface area (Å²) in [7, 11) is 0. The third-order valence-corrected chi connectivity index (χ3v) is 5.33. The van der Waals surface area contributed by atoms with E-state index in [1.807, 2.05) is 17.0 Å². The van der Waals surface area contributed by atoms with Crippen LogP contribution in [-0.4, -0.2) is 34.7 Å². The van der Waals surface area contributed by atoms with Crippen molar-refractivity contribution < 1.29 is 9.59 Å². The van der Waals surface area contributed by atoms with Crippen LogP contribution in [0.1, 0.15) is 41.6 Å². The Morgan fingerprint density at radius 1 is 1.04 bits per heavy atom. The van der Waals surface area contributed by atoms with E-state index in [9.17, 15) is 14.4 Å². The van der Waals surface area contributed by atoms with E-state index in [1.165, 1.54) is 23.9 Å². The van der Waals surface area contributed by atoms with Gasteiger partial charge >= 0.3 is 0 Å². The summed E-state index contributed by atoms with van der Waals surface area (Å²) >= 11 is 5.92. The Labute approximate surface area is 163 Å². The fourth-order valence-electron chi connectivity index (χ4n) is 3.45. The summed E-state index contributed by atoms with van der Waals surface area (Å²) in [5.74, 6) is 0.466. The highest BCUT2D eigenvalue weighted by Crippen LogP contribution is 2.23. The topological polar surface area (TPSA) is 70.2 Å². The van der Waals surface area contributed by atoms with Crippen molar-refractivity contribution in [2.75, 3.05) is 13.1 Å². The summed E-state index contributed by atoms with van der Waals surface area (Å²) in [4.78, 5) is 39.9. The second kappa shape index (κ2) is 9.00. The Hall–Kier alpha value is -2.40. The van der Waals surface area contributed by atoms with E-state index >= 15 is 0 Å². The number of H-pyrrole nitrogens is 1. The van der Waals surface area contributed by atoms with Crippen LogP contribution in [0.25, 0.3) is 0 Å². The Morgan fingerprint density at radius 2 is 1.74 bits per heavy atom. The van der Waals surface area contributed by atoms with Gasteiger partial charge in [0, 0.05) is 48.8 Å². The number of aromatic nitrogens is 1. The molecule has 0 bridgehead atoms. The van der Waals surface area contributed by atoms with E-state index in [2.05, 4.69) is 17.1 Å². The Balaban J connectivity index is 1.42. The summed E-state index contributed by atoms with van der Waals surface area (Å²) in [6, 6.07) is 10.8. The molecule has 0 spiro atoms. The van der Waals surface area contributed by atoms with Gasteiger partial charge < -0.3 is 9.88 Å². The molecule has 0 atom stereocenters. The standard InChI is InChI=1S/C21H23ClN2O3/c22-18-4-1-15(2-5-18)13-16-9-11-24(12-10-16)21(27)8-6-19(25)17-3-7-20(26)23-14-17/h1-5,7,14,16H,6,8-13H2,(H,23,26). The maximum Gasteiger partial charge on any atom is 0.247 e. The number of benzene rings is 1. The number of Topliss-reactive ketones (excluding diaryl/α,β-unsaturated/α-hetero) is 1. The number of ketones is 1. The van der Waals surface area contributed by atoms with Gasteiger partial charge in [-0.15, -0.1) is 0 Å². The monoisotopic (exact) mass is 386 g/mol. The second-order valence-electron chi connectivity index (χ2n) is 7.02. The fourth-order valence-corrected chi connectivity index (χ4v) is 3.57. The maximum absolute atomic E-state index is 12.4. The first-order valence-electron chi connectivity index (χ1n) is 9.25. The van der Waals surface area contributed by atoms with Gasteiger partial charge in [0.1, 0.15) is 0 Å². The second-order valence-corrected chi connectivity index (χ2v) is 7.46. The van der Waals surface area contributed by atoms with Crippen LogP contribution in [0.3, 0.4) is 0 Å². The predicted octanol–water partition coefficient (Wildman–Crippen LogP) is 3.47. The molecule has 0 unspecified atom stereocenters. The molecule has 5 nitrogen and oxygen atoms in total. The van der Waals surface area contributed by atoms with Crippen molar-refractivity contribution in [3.8, 4) is 0 Å². The minimum Gasteiger partial charge on any atom is -0.343 e. The number of aromatic amines is 1. The molecule has 1 amide bonds. The van der Waals surface area contributed by atoms with Crippen LogP contribution in [-0.2, 0) is 11.2 Å². The number of rotatable bonds is 6. The molecule has 142 valence electrons. The van der Waals surface area contributed by atoms with Crippen LogP contribution in [0.15, 0.2) is 47.4 Å². The molecule has 0 radical (unpaired) electrons. The molecule has 2 heterocycles. The minimum atomic E-state index is -0.246. The number of amides is 1. The van der Waals surface area contributed by atoms with Crippen molar-refractivity contribution >= 4 is 23.3 Å². The van der Waals surface area contributed by atoms with Crippen molar-refractivity contribution in [2.45, 2.75) is 32.1 Å². The predicted molar refractivity (Wildman–Crippen MR) is 105 cm³/mol. The van der Waals surface area contributed by atoms with Gasteiger partial charge in [-0.1, -0.05) is 23.7 Å². The number of nitrogens with zero attached hydrogens (tertiary/aromatic N) is 1. The van der Waals surface area contributed by atoms with E-state index in [0.29, 0.717) is 11.5 Å². The summed E-state index contributed by atoms with van der Waals surface area (Å²) in [6.07, 6.45) is 4.72. The van der Waals surface area contributed by atoms with Crippen molar-refractivity contribution in [2.24, 2.45) is 5.92 Å². The molecule has 1 saturated heterocycles. The van der Waals surface area contributed by atoms with E-state index in [0.717, 1.165) is 37.4 Å². The Kier molecular flexibility index (Phi) is 6.45. The van der Waals surface area contributed by atoms with Crippen LogP contribution in [0.2, 0.25) is 5.02 Å². The van der Waals surface area contributed by atoms with Crippen molar-refractivity contribution in [3.05, 3.63) is 69.1 Å². The summed E-state index contributed by atoms with van der Waals surface area (Å²) in [6.45, 7) is 1.48. The van der Waals surface area contributed by atoms with E-state index < -0.39 is 0 Å². The highest BCUT2D eigenvalue weighted by molar-refractivity contribution is 6.30. The smallest absolute Gasteiger partial charge is 0.247 e. The molecule has 1 aliphatic heterocycles. The van der Waals surface area contributed by atoms with Crippen LogP contribution in [0.4, 0.5) is 0 Å². The third-order valence-electron chi connectivity index (χ3n) is 5.08. The van der Waals surface area contributed by atoms with E-state index in [4.69, 9.17) is 11.6 Å². The summed E-state index contributed by atoms with van der Waals surface area (Å²) in [5, 5.41) is 0.746. The molecule has 1 aromatic heterocycles. The average molecular weight is 387 g/mol. The molecule has 1 aliphatic rings. The highest BCUT2D eigenvalue weighted by atomic mass is 35.5. The number of pyridine rings is 1. The number of piperidine rings is 1. The first-order chi connectivity index (χ1) is 13.0. The molecular formula is C21H23ClN2O3. The van der Waals surface area contributed by atoms with Gasteiger partial charge in [-0.25, -0.2) is 0 Å². The lowest BCUT2D eigenvalue weighted by Crippen LogP contribution is -2.39. The normalized spacial score (nSPS) is 14.9. The van der Waals surface area contributed by atoms with E-state index in [1.54, 1.807) is 0 Å². The Bertz CT molecular complexity index is 832. The van der Waals surface area contributed by atoms with Gasteiger partial charge in [0.2, 0.25) is 11.5 Å². The molecule has 0 saturated carbocycles. The number of nitrogens with one attached hydrogen (secondary N) is 1. The largest absolute Gasteiger partial charge is 0.343 e. The molecule has 1 aromatic carbocycles. The molecule has 1 N–H and O–H groups in total. The minimum absolute atomic E-state index is 0.0257. The van der Waals surface area contributed by atoms with Crippen LogP contribution >= 0.6 is 11.6 Å². The van der Waals surface area contributed by atoms with Gasteiger partial charge in [0.25, 0.3) is 0 Å². The first kappa shape index (κ1) is 19.4. The molecular weight excluding hydrogens is 364 g/mol. The molecule has 27 heavy (non-hydrogen) atoms. The first-order valence-corrected chi connectivity index (χ1v) is 9.63. The lowest BCUT2D eigenvalue weighted by molar-refractivity contribution is -0.132. The van der Waals surface area contributed by atoms with Gasteiger partial charge in [0.15, 0.2) is 5.78 Å². The fraction of sp³-hybridized carbons (Fsp3) is 0.381. The number of hydrogen-bond donors (Lipinski definition) is 1. The SMILES string of the molecule is O=C(CCC(=O)N1CCC(Cc2ccc(Cl)cc2)CC1)c1ccc(=O)[nH]c1. The number of carbonyl (C=O) groups excluding carboxylic acids is 2. The molecule has 0 aliphatic carbocycles. The van der Waals surface area contributed by atoms with Crippen molar-refractivity contribution in [1.82, 2.24) is 9.88 Å². The van der Waals surface area contributed by atoms with Gasteiger partial charge in [-0.05, 0) is 48.9 Å². The Morgan fingerprint density at radius 3 is 2.37 bits per heavy atom. The maximum atomic E-state index is 12.4. The zero-order chi connectivity index (χ0) is 19.2. The number of likely N-dealkylation sites (tertiary alicyclic amines) is 1. The van der Waals surface area contributed by atoms with Gasteiger partial charge in [-0.2, -0.15) is 0 Å². The summed E-state index contributed by atoms with van der Waals surface area (Å²) in [5.41, 5.74) is 1.46. The average Bonchev–Trinajstić information content (AvgIpc) is 2.69. The van der Waals surface area contributed by atoms with Gasteiger partial charge in [-0.3, -0.25) is 14.4 Å². The van der Waals surface area contributed by atoms with Crippen LogP contribution in [0, 0.1) is 5.92 Å². The van der Waals surface area contributed by atoms with Crippen LogP contribution in [0.5, 0.6) is 0 Å². The zero-order valence-electron chi connectivity index (χ0n) is 15.1. The van der Waals surface area contributed by atoms with Crippen molar-refractivity contribution in [1.29, 1.82) is 0 Å². The summed E-state index contributed by atoms with van der Waals surface area (Å²) < 4.78 is 0. The number of halogens is 1. The number of hydrogen-bond acceptors (Lipinski definition) is 3. The lowest BCUT2D eigenvalue weighted by Gasteiger charge is -2.32. The molecule has 2 aromatic rings. The third kappa shape index (κ3) is 5.54. The zero-order valence-corrected chi connectivity index (χ0v) is 15.9. The lowest BCUT2D eigenvalue weighted by atomic mass is 9.90.